The second-order valence-corrected chi connectivity index (χ2v) is 11.1. The molecule has 1 fully saturated rings. The number of hydrogen-bond donors (Lipinski definition) is 1. The molecule has 4 unspecified atom stereocenters. The van der Waals surface area contributed by atoms with Crippen LogP contribution in [-0.2, 0) is 14.4 Å². The van der Waals surface area contributed by atoms with Crippen LogP contribution < -0.4 is 15.0 Å². The van der Waals surface area contributed by atoms with Crippen molar-refractivity contribution in [3.8, 4) is 5.75 Å². The molecule has 3 amide bonds. The quantitative estimate of drug-likeness (QED) is 0.435. The van der Waals surface area contributed by atoms with E-state index >= 15 is 0 Å². The molecule has 214 valence electrons. The third-order valence-electron chi connectivity index (χ3n) is 7.85. The molecule has 7 nitrogen and oxygen atoms in total. The number of anilines is 1. The Balaban J connectivity index is 1.33. The Morgan fingerprint density at radius 1 is 0.902 bits per heavy atom. The molecular weight excluding hydrogens is 521 g/mol. The van der Waals surface area contributed by atoms with Gasteiger partial charge in [-0.3, -0.25) is 14.4 Å². The molecule has 0 bridgehead atoms. The van der Waals surface area contributed by atoms with Crippen molar-refractivity contribution >= 4 is 23.4 Å². The number of fused-ring (bicyclic) bond motifs is 1. The van der Waals surface area contributed by atoms with Crippen LogP contribution in [0.4, 0.5) is 10.1 Å². The van der Waals surface area contributed by atoms with Gasteiger partial charge in [-0.05, 0) is 34.7 Å². The molecular formula is C33H36FN3O4. The van der Waals surface area contributed by atoms with Gasteiger partial charge in [-0.2, -0.15) is 0 Å². The molecule has 41 heavy (non-hydrogen) atoms. The summed E-state index contributed by atoms with van der Waals surface area (Å²) in [6, 6.07) is 23.5. The first-order valence-corrected chi connectivity index (χ1v) is 14.1. The first-order chi connectivity index (χ1) is 19.7. The Morgan fingerprint density at radius 2 is 1.54 bits per heavy atom. The molecule has 2 heterocycles. The minimum atomic E-state index is -1.31. The smallest absolute Gasteiger partial charge is 0.243 e. The monoisotopic (exact) mass is 557 g/mol. The summed E-state index contributed by atoms with van der Waals surface area (Å²) in [7, 11) is 0. The third-order valence-corrected chi connectivity index (χ3v) is 7.85. The molecule has 0 aromatic heterocycles. The maximum absolute atomic E-state index is 14.7. The highest BCUT2D eigenvalue weighted by molar-refractivity contribution is 5.94. The normalized spacial score (nSPS) is 20.8. The van der Waals surface area contributed by atoms with Crippen LogP contribution in [0.2, 0.25) is 0 Å². The van der Waals surface area contributed by atoms with Gasteiger partial charge in [0.1, 0.15) is 24.1 Å². The average molecular weight is 558 g/mol. The van der Waals surface area contributed by atoms with Crippen LogP contribution in [0.1, 0.15) is 62.3 Å². The average Bonchev–Trinajstić information content (AvgIpc) is 3.37. The van der Waals surface area contributed by atoms with Crippen molar-refractivity contribution in [2.24, 2.45) is 0 Å². The zero-order valence-electron chi connectivity index (χ0n) is 23.6. The first-order valence-electron chi connectivity index (χ1n) is 14.1. The number of rotatable bonds is 7. The number of para-hydroxylation sites is 2. The predicted molar refractivity (Wildman–Crippen MR) is 155 cm³/mol. The van der Waals surface area contributed by atoms with Crippen molar-refractivity contribution in [1.82, 2.24) is 10.2 Å². The first kappa shape index (κ1) is 28.3. The van der Waals surface area contributed by atoms with Crippen LogP contribution in [-0.4, -0.2) is 54.0 Å². The van der Waals surface area contributed by atoms with Gasteiger partial charge in [-0.1, -0.05) is 80.6 Å². The number of likely N-dealkylation sites (tertiary alicyclic amines) is 1. The van der Waals surface area contributed by atoms with Crippen LogP contribution in [0.5, 0.6) is 5.75 Å². The van der Waals surface area contributed by atoms with E-state index in [0.717, 1.165) is 11.1 Å². The van der Waals surface area contributed by atoms with E-state index < -0.39 is 30.3 Å². The van der Waals surface area contributed by atoms with Crippen molar-refractivity contribution in [2.75, 3.05) is 18.0 Å². The van der Waals surface area contributed by atoms with Gasteiger partial charge in [0.2, 0.25) is 17.7 Å². The maximum atomic E-state index is 14.7. The summed E-state index contributed by atoms with van der Waals surface area (Å²) in [5.41, 5.74) is 3.64. The Labute approximate surface area is 240 Å². The van der Waals surface area contributed by atoms with Crippen LogP contribution in [0, 0.1) is 0 Å². The zero-order chi connectivity index (χ0) is 29.1. The molecule has 1 N–H and O–H groups in total. The number of carbonyl (C=O) groups excluding carboxylic acids is 3. The second kappa shape index (κ2) is 12.1. The van der Waals surface area contributed by atoms with Gasteiger partial charge in [-0.25, -0.2) is 4.39 Å². The standard InChI is InChI=1S/C33H36FN3O4/c1-21(2)23-13-15-25(16-14-23)32(24-9-5-4-6-10-24)35-33(40)29-17-26(34)19-37(29)31(39)18-27-20-36(22(3)38)28-11-7-8-12-30(28)41-27/h4-16,21,26-27,29,32H,17-20H2,1-3H3,(H,35,40). The van der Waals surface area contributed by atoms with Crippen LogP contribution in [0.25, 0.3) is 0 Å². The number of alkyl halides is 1. The van der Waals surface area contributed by atoms with Gasteiger partial charge in [0, 0.05) is 13.3 Å². The van der Waals surface area contributed by atoms with E-state index in [1.165, 1.54) is 17.4 Å². The van der Waals surface area contributed by atoms with Gasteiger partial charge < -0.3 is 19.9 Å². The molecule has 0 aliphatic carbocycles. The fourth-order valence-corrected chi connectivity index (χ4v) is 5.64. The van der Waals surface area contributed by atoms with E-state index in [2.05, 4.69) is 31.3 Å². The lowest BCUT2D eigenvalue weighted by Gasteiger charge is -2.35. The largest absolute Gasteiger partial charge is 0.486 e. The summed E-state index contributed by atoms with van der Waals surface area (Å²) in [6.45, 7) is 5.76. The number of amides is 3. The molecule has 5 rings (SSSR count). The lowest BCUT2D eigenvalue weighted by molar-refractivity contribution is -0.140. The number of hydrogen-bond acceptors (Lipinski definition) is 4. The Morgan fingerprint density at radius 3 is 2.22 bits per heavy atom. The summed E-state index contributed by atoms with van der Waals surface area (Å²) in [5.74, 6) is -0.0531. The fraction of sp³-hybridized carbons (Fsp3) is 0.364. The minimum absolute atomic E-state index is 0.0701. The summed E-state index contributed by atoms with van der Waals surface area (Å²) in [5, 5.41) is 3.10. The van der Waals surface area contributed by atoms with Crippen molar-refractivity contribution in [3.05, 3.63) is 95.6 Å². The number of nitrogens with one attached hydrogen (secondary N) is 1. The van der Waals surface area contributed by atoms with Gasteiger partial charge in [0.25, 0.3) is 0 Å². The highest BCUT2D eigenvalue weighted by Crippen LogP contribution is 2.34. The summed E-state index contributed by atoms with van der Waals surface area (Å²) < 4.78 is 20.8. The molecule has 0 radical (unpaired) electrons. The molecule has 0 saturated carbocycles. The van der Waals surface area contributed by atoms with E-state index in [0.29, 0.717) is 17.4 Å². The van der Waals surface area contributed by atoms with Crippen molar-refractivity contribution < 1.29 is 23.5 Å². The van der Waals surface area contributed by atoms with Crippen LogP contribution >= 0.6 is 0 Å². The third kappa shape index (κ3) is 6.26. The lowest BCUT2D eigenvalue weighted by Crippen LogP contribution is -2.49. The van der Waals surface area contributed by atoms with E-state index in [4.69, 9.17) is 4.74 Å². The summed E-state index contributed by atoms with van der Waals surface area (Å²) in [6.07, 6.45) is -2.07. The van der Waals surface area contributed by atoms with E-state index in [9.17, 15) is 18.8 Å². The highest BCUT2D eigenvalue weighted by Gasteiger charge is 2.42. The van der Waals surface area contributed by atoms with Gasteiger partial charge in [0.15, 0.2) is 0 Å². The highest BCUT2D eigenvalue weighted by atomic mass is 19.1. The predicted octanol–water partition coefficient (Wildman–Crippen LogP) is 5.16. The molecule has 8 heteroatoms. The lowest BCUT2D eigenvalue weighted by atomic mass is 9.95. The van der Waals surface area contributed by atoms with E-state index in [1.807, 2.05) is 48.5 Å². The SMILES string of the molecule is CC(=O)N1CC(CC(=O)N2CC(F)CC2C(=O)NC(c2ccccc2)c2ccc(C(C)C)cc2)Oc2ccccc21. The number of ether oxygens (including phenoxy) is 1. The van der Waals surface area contributed by atoms with Crippen molar-refractivity contribution in [2.45, 2.75) is 63.9 Å². The number of carbonyl (C=O) groups is 3. The second-order valence-electron chi connectivity index (χ2n) is 11.1. The summed E-state index contributed by atoms with van der Waals surface area (Å²) in [4.78, 5) is 42.4. The minimum Gasteiger partial charge on any atom is -0.486 e. The Kier molecular flexibility index (Phi) is 8.38. The molecule has 4 atom stereocenters. The van der Waals surface area contributed by atoms with Gasteiger partial charge in [0.05, 0.1) is 31.2 Å². The molecule has 2 aliphatic heterocycles. The van der Waals surface area contributed by atoms with E-state index in [-0.39, 0.29) is 37.7 Å². The molecule has 3 aromatic carbocycles. The van der Waals surface area contributed by atoms with E-state index in [1.54, 1.807) is 23.1 Å². The van der Waals surface area contributed by atoms with Crippen molar-refractivity contribution in [1.29, 1.82) is 0 Å². The number of benzene rings is 3. The molecule has 2 aliphatic rings. The molecule has 0 spiro atoms. The Hall–Kier alpha value is -4.20. The zero-order valence-corrected chi connectivity index (χ0v) is 23.6. The summed E-state index contributed by atoms with van der Waals surface area (Å²) >= 11 is 0. The maximum Gasteiger partial charge on any atom is 0.243 e. The fourth-order valence-electron chi connectivity index (χ4n) is 5.64. The van der Waals surface area contributed by atoms with Gasteiger partial charge in [-0.15, -0.1) is 0 Å². The van der Waals surface area contributed by atoms with Crippen LogP contribution in [0.15, 0.2) is 78.9 Å². The van der Waals surface area contributed by atoms with Crippen molar-refractivity contribution in [3.63, 3.8) is 0 Å². The molecule has 3 aromatic rings. The van der Waals surface area contributed by atoms with Gasteiger partial charge >= 0.3 is 0 Å². The number of halogens is 1. The number of nitrogens with zero attached hydrogens (tertiary/aromatic N) is 2. The molecule has 1 saturated heterocycles. The van der Waals surface area contributed by atoms with Crippen LogP contribution in [0.3, 0.4) is 0 Å². The topological polar surface area (TPSA) is 79.0 Å². The Bertz CT molecular complexity index is 1400.